The summed E-state index contributed by atoms with van der Waals surface area (Å²) < 4.78 is 18.7. The van der Waals surface area contributed by atoms with Gasteiger partial charge in [0.05, 0.1) is 5.56 Å². The average Bonchev–Trinajstić information content (AvgIpc) is 3.30. The Morgan fingerprint density at radius 2 is 2.10 bits per heavy atom. The summed E-state index contributed by atoms with van der Waals surface area (Å²) in [6.07, 6.45) is 2.46. The van der Waals surface area contributed by atoms with Crippen LogP contribution in [0.2, 0.25) is 0 Å². The van der Waals surface area contributed by atoms with E-state index in [1.54, 1.807) is 18.2 Å². The first kappa shape index (κ1) is 13.6. The predicted octanol–water partition coefficient (Wildman–Crippen LogP) is 3.74. The molecule has 0 bridgehead atoms. The molecule has 0 unspecified atom stereocenters. The van der Waals surface area contributed by atoms with Gasteiger partial charge in [0.15, 0.2) is 0 Å². The van der Waals surface area contributed by atoms with E-state index < -0.39 is 0 Å². The van der Waals surface area contributed by atoms with Crippen molar-refractivity contribution in [3.05, 3.63) is 59.4 Å². The summed E-state index contributed by atoms with van der Waals surface area (Å²) in [5.74, 6) is 0.463. The summed E-state index contributed by atoms with van der Waals surface area (Å²) in [5, 5.41) is 12.6. The van der Waals surface area contributed by atoms with Crippen LogP contribution >= 0.6 is 0 Å². The van der Waals surface area contributed by atoms with E-state index in [1.165, 1.54) is 25.0 Å². The SMILES string of the molecule is N#Cc1cc(CNC2CC2)ccc1Oc1cccc(F)c1. The van der Waals surface area contributed by atoms with E-state index in [9.17, 15) is 9.65 Å². The number of benzene rings is 2. The van der Waals surface area contributed by atoms with Gasteiger partial charge in [0.25, 0.3) is 0 Å². The molecule has 0 saturated heterocycles. The molecule has 1 aliphatic carbocycles. The van der Waals surface area contributed by atoms with Gasteiger partial charge in [-0.3, -0.25) is 0 Å². The maximum Gasteiger partial charge on any atom is 0.145 e. The van der Waals surface area contributed by atoms with Crippen LogP contribution in [0, 0.1) is 17.1 Å². The lowest BCUT2D eigenvalue weighted by Gasteiger charge is -2.09. The van der Waals surface area contributed by atoms with Gasteiger partial charge in [0, 0.05) is 18.7 Å². The molecule has 2 aromatic carbocycles. The van der Waals surface area contributed by atoms with Crippen molar-refractivity contribution < 1.29 is 9.13 Å². The fourth-order valence-corrected chi connectivity index (χ4v) is 2.07. The smallest absolute Gasteiger partial charge is 0.145 e. The number of nitrogens with one attached hydrogen (secondary N) is 1. The first-order valence-electron chi connectivity index (χ1n) is 6.94. The molecule has 0 spiro atoms. The number of hydrogen-bond acceptors (Lipinski definition) is 3. The minimum absolute atomic E-state index is 0.365. The number of hydrogen-bond donors (Lipinski definition) is 1. The summed E-state index contributed by atoms with van der Waals surface area (Å²) >= 11 is 0. The molecular weight excluding hydrogens is 267 g/mol. The van der Waals surface area contributed by atoms with Crippen LogP contribution in [0.1, 0.15) is 24.0 Å². The van der Waals surface area contributed by atoms with E-state index in [0.29, 0.717) is 23.1 Å². The van der Waals surface area contributed by atoms with Crippen LogP contribution in [0.15, 0.2) is 42.5 Å². The standard InChI is InChI=1S/C17H15FN2O/c18-14-2-1-3-16(9-14)21-17-7-4-12(8-13(17)10-19)11-20-15-5-6-15/h1-4,7-9,15,20H,5-6,11H2. The van der Waals surface area contributed by atoms with E-state index in [4.69, 9.17) is 4.74 Å². The van der Waals surface area contributed by atoms with Crippen LogP contribution in [0.5, 0.6) is 11.5 Å². The maximum absolute atomic E-state index is 13.1. The van der Waals surface area contributed by atoms with Crippen molar-refractivity contribution in [2.75, 3.05) is 0 Å². The Bertz CT molecular complexity index is 689. The van der Waals surface area contributed by atoms with Gasteiger partial charge in [-0.1, -0.05) is 12.1 Å². The van der Waals surface area contributed by atoms with Crippen LogP contribution in [0.3, 0.4) is 0 Å². The highest BCUT2D eigenvalue weighted by molar-refractivity contribution is 5.47. The Morgan fingerprint density at radius 3 is 2.81 bits per heavy atom. The van der Waals surface area contributed by atoms with Gasteiger partial charge in [-0.2, -0.15) is 5.26 Å². The van der Waals surface area contributed by atoms with E-state index in [0.717, 1.165) is 12.1 Å². The van der Waals surface area contributed by atoms with Crippen molar-refractivity contribution in [2.45, 2.75) is 25.4 Å². The van der Waals surface area contributed by atoms with Crippen LogP contribution < -0.4 is 10.1 Å². The van der Waals surface area contributed by atoms with Crippen LogP contribution in [0.25, 0.3) is 0 Å². The molecule has 2 aromatic rings. The molecule has 1 saturated carbocycles. The third-order valence-corrected chi connectivity index (χ3v) is 3.36. The van der Waals surface area contributed by atoms with Crippen LogP contribution in [-0.2, 0) is 6.54 Å². The van der Waals surface area contributed by atoms with Crippen LogP contribution in [-0.4, -0.2) is 6.04 Å². The normalized spacial score (nSPS) is 13.7. The lowest BCUT2D eigenvalue weighted by molar-refractivity contribution is 0.475. The Balaban J connectivity index is 1.76. The summed E-state index contributed by atoms with van der Waals surface area (Å²) in [4.78, 5) is 0. The van der Waals surface area contributed by atoms with Gasteiger partial charge in [-0.25, -0.2) is 4.39 Å². The quantitative estimate of drug-likeness (QED) is 0.908. The lowest BCUT2D eigenvalue weighted by Crippen LogP contribution is -2.15. The zero-order chi connectivity index (χ0) is 14.7. The molecular formula is C17H15FN2O. The van der Waals surface area contributed by atoms with Crippen molar-refractivity contribution in [2.24, 2.45) is 0 Å². The van der Waals surface area contributed by atoms with E-state index >= 15 is 0 Å². The average molecular weight is 282 g/mol. The number of ether oxygens (including phenoxy) is 1. The second-order valence-electron chi connectivity index (χ2n) is 5.16. The summed E-state index contributed by atoms with van der Waals surface area (Å²) in [6.45, 7) is 0.750. The zero-order valence-corrected chi connectivity index (χ0v) is 11.5. The fraction of sp³-hybridized carbons (Fsp3) is 0.235. The van der Waals surface area contributed by atoms with Gasteiger partial charge in [-0.05, 0) is 42.7 Å². The number of rotatable bonds is 5. The van der Waals surface area contributed by atoms with Crippen LogP contribution in [0.4, 0.5) is 4.39 Å². The highest BCUT2D eigenvalue weighted by atomic mass is 19.1. The van der Waals surface area contributed by atoms with Gasteiger partial charge in [-0.15, -0.1) is 0 Å². The molecule has 1 N–H and O–H groups in total. The molecule has 1 aliphatic rings. The minimum Gasteiger partial charge on any atom is -0.456 e. The highest BCUT2D eigenvalue weighted by Crippen LogP contribution is 2.27. The van der Waals surface area contributed by atoms with E-state index in [-0.39, 0.29) is 5.82 Å². The molecule has 0 heterocycles. The lowest BCUT2D eigenvalue weighted by atomic mass is 10.1. The van der Waals surface area contributed by atoms with E-state index in [1.807, 2.05) is 12.1 Å². The molecule has 0 aromatic heterocycles. The number of nitriles is 1. The van der Waals surface area contributed by atoms with Crippen molar-refractivity contribution in [1.82, 2.24) is 5.32 Å². The number of nitrogens with zero attached hydrogens (tertiary/aromatic N) is 1. The largest absolute Gasteiger partial charge is 0.456 e. The van der Waals surface area contributed by atoms with Gasteiger partial charge in [0.2, 0.25) is 0 Å². The highest BCUT2D eigenvalue weighted by Gasteiger charge is 2.20. The molecule has 0 amide bonds. The third-order valence-electron chi connectivity index (χ3n) is 3.36. The Hall–Kier alpha value is -2.38. The van der Waals surface area contributed by atoms with Crippen molar-refractivity contribution >= 4 is 0 Å². The third kappa shape index (κ3) is 3.59. The summed E-state index contributed by atoms with van der Waals surface area (Å²) in [6, 6.07) is 14.1. The zero-order valence-electron chi connectivity index (χ0n) is 11.5. The maximum atomic E-state index is 13.1. The Kier molecular flexibility index (Phi) is 3.85. The molecule has 4 heteroatoms. The van der Waals surface area contributed by atoms with Gasteiger partial charge in [0.1, 0.15) is 23.4 Å². The molecule has 0 atom stereocenters. The summed E-state index contributed by atoms with van der Waals surface area (Å²) in [5.41, 5.74) is 1.50. The van der Waals surface area contributed by atoms with E-state index in [2.05, 4.69) is 11.4 Å². The summed E-state index contributed by atoms with van der Waals surface area (Å²) in [7, 11) is 0. The first-order chi connectivity index (χ1) is 10.2. The molecule has 0 radical (unpaired) electrons. The second-order valence-corrected chi connectivity index (χ2v) is 5.16. The molecule has 1 fully saturated rings. The first-order valence-corrected chi connectivity index (χ1v) is 6.94. The Morgan fingerprint density at radius 1 is 1.24 bits per heavy atom. The monoisotopic (exact) mass is 282 g/mol. The van der Waals surface area contributed by atoms with Crippen molar-refractivity contribution in [3.63, 3.8) is 0 Å². The van der Waals surface area contributed by atoms with Crippen molar-refractivity contribution in [3.8, 4) is 17.6 Å². The van der Waals surface area contributed by atoms with Gasteiger partial charge >= 0.3 is 0 Å². The minimum atomic E-state index is -0.365. The van der Waals surface area contributed by atoms with Gasteiger partial charge < -0.3 is 10.1 Å². The Labute approximate surface area is 123 Å². The molecule has 3 rings (SSSR count). The molecule has 21 heavy (non-hydrogen) atoms. The number of halogens is 1. The molecule has 0 aliphatic heterocycles. The van der Waals surface area contributed by atoms with Crippen molar-refractivity contribution in [1.29, 1.82) is 5.26 Å². The molecule has 3 nitrogen and oxygen atoms in total. The fourth-order valence-electron chi connectivity index (χ4n) is 2.07. The predicted molar refractivity (Wildman–Crippen MR) is 77.5 cm³/mol. The topological polar surface area (TPSA) is 45.0 Å². The second kappa shape index (κ2) is 5.94. The molecule has 106 valence electrons.